The SMILES string of the molecule is COC(=O)[C@H](CC1CCCCC1)NC(=O)c1cc(-c2c(OC)cccc2OC)n(CC(C)C)n1. The second-order valence-corrected chi connectivity index (χ2v) is 9.32. The molecule has 0 unspecified atom stereocenters. The maximum Gasteiger partial charge on any atom is 0.328 e. The number of rotatable bonds is 10. The summed E-state index contributed by atoms with van der Waals surface area (Å²) in [6, 6.07) is 6.58. The van der Waals surface area contributed by atoms with E-state index in [9.17, 15) is 9.59 Å². The number of aromatic nitrogens is 2. The molecule has 1 atom stereocenters. The zero-order chi connectivity index (χ0) is 24.7. The number of carbonyl (C=O) groups excluding carboxylic acids is 2. The summed E-state index contributed by atoms with van der Waals surface area (Å²) in [6.07, 6.45) is 6.28. The van der Waals surface area contributed by atoms with Crippen LogP contribution in [-0.4, -0.2) is 49.0 Å². The van der Waals surface area contributed by atoms with Gasteiger partial charge in [0.25, 0.3) is 5.91 Å². The van der Waals surface area contributed by atoms with Crippen molar-refractivity contribution in [2.45, 2.75) is 65.0 Å². The van der Waals surface area contributed by atoms with Gasteiger partial charge in [0.05, 0.1) is 32.6 Å². The second kappa shape index (κ2) is 11.9. The van der Waals surface area contributed by atoms with Crippen molar-refractivity contribution in [2.75, 3.05) is 21.3 Å². The molecule has 1 aromatic carbocycles. The van der Waals surface area contributed by atoms with Crippen molar-refractivity contribution in [1.82, 2.24) is 15.1 Å². The third kappa shape index (κ3) is 6.10. The number of carbonyl (C=O) groups is 2. The second-order valence-electron chi connectivity index (χ2n) is 9.32. The van der Waals surface area contributed by atoms with E-state index in [1.165, 1.54) is 13.5 Å². The van der Waals surface area contributed by atoms with Crippen LogP contribution in [0.4, 0.5) is 0 Å². The van der Waals surface area contributed by atoms with E-state index in [4.69, 9.17) is 14.2 Å². The molecule has 0 bridgehead atoms. The third-order valence-electron chi connectivity index (χ3n) is 6.32. The quantitative estimate of drug-likeness (QED) is 0.514. The number of hydrogen-bond acceptors (Lipinski definition) is 6. The lowest BCUT2D eigenvalue weighted by Gasteiger charge is -2.25. The van der Waals surface area contributed by atoms with Gasteiger partial charge in [0.15, 0.2) is 5.69 Å². The molecule has 8 nitrogen and oxygen atoms in total. The fourth-order valence-electron chi connectivity index (χ4n) is 4.66. The van der Waals surface area contributed by atoms with Crippen LogP contribution in [0.15, 0.2) is 24.3 Å². The Kier molecular flexibility index (Phi) is 8.96. The molecule has 0 saturated heterocycles. The Morgan fingerprint density at radius 3 is 2.29 bits per heavy atom. The molecule has 1 aromatic heterocycles. The van der Waals surface area contributed by atoms with E-state index in [-0.39, 0.29) is 5.69 Å². The van der Waals surface area contributed by atoms with Gasteiger partial charge < -0.3 is 19.5 Å². The van der Waals surface area contributed by atoms with E-state index < -0.39 is 17.9 Å². The maximum atomic E-state index is 13.3. The molecule has 3 rings (SSSR count). The summed E-state index contributed by atoms with van der Waals surface area (Å²) >= 11 is 0. The van der Waals surface area contributed by atoms with Crippen molar-refractivity contribution in [2.24, 2.45) is 11.8 Å². The van der Waals surface area contributed by atoms with Crippen LogP contribution in [0, 0.1) is 11.8 Å². The van der Waals surface area contributed by atoms with Crippen LogP contribution in [-0.2, 0) is 16.1 Å². The molecule has 1 fully saturated rings. The summed E-state index contributed by atoms with van der Waals surface area (Å²) in [7, 11) is 4.55. The highest BCUT2D eigenvalue weighted by molar-refractivity contribution is 5.96. The summed E-state index contributed by atoms with van der Waals surface area (Å²) in [5.74, 6) is 1.13. The number of nitrogens with one attached hydrogen (secondary N) is 1. The molecular formula is C26H37N3O5. The van der Waals surface area contributed by atoms with Gasteiger partial charge in [0.1, 0.15) is 17.5 Å². The van der Waals surface area contributed by atoms with Crippen molar-refractivity contribution in [3.05, 3.63) is 30.0 Å². The van der Waals surface area contributed by atoms with E-state index in [1.54, 1.807) is 25.0 Å². The lowest BCUT2D eigenvalue weighted by atomic mass is 9.85. The van der Waals surface area contributed by atoms with Crippen LogP contribution in [0.5, 0.6) is 11.5 Å². The molecule has 1 N–H and O–H groups in total. The molecule has 1 aliphatic carbocycles. The summed E-state index contributed by atoms with van der Waals surface area (Å²) in [5.41, 5.74) is 1.68. The Bertz CT molecular complexity index is 957. The molecular weight excluding hydrogens is 434 g/mol. The van der Waals surface area contributed by atoms with Gasteiger partial charge in [-0.05, 0) is 36.5 Å². The number of benzene rings is 1. The average Bonchev–Trinajstić information content (AvgIpc) is 3.25. The number of esters is 1. The minimum atomic E-state index is -0.694. The maximum absolute atomic E-state index is 13.3. The van der Waals surface area contributed by atoms with E-state index in [0.717, 1.165) is 36.9 Å². The molecule has 1 aliphatic rings. The fourth-order valence-corrected chi connectivity index (χ4v) is 4.66. The van der Waals surface area contributed by atoms with Gasteiger partial charge in [-0.25, -0.2) is 4.79 Å². The largest absolute Gasteiger partial charge is 0.496 e. The molecule has 2 aromatic rings. The first-order valence-electron chi connectivity index (χ1n) is 12.1. The lowest BCUT2D eigenvalue weighted by molar-refractivity contribution is -0.143. The van der Waals surface area contributed by atoms with Crippen molar-refractivity contribution >= 4 is 11.9 Å². The monoisotopic (exact) mass is 471 g/mol. The third-order valence-corrected chi connectivity index (χ3v) is 6.32. The number of hydrogen-bond donors (Lipinski definition) is 1. The minimum Gasteiger partial charge on any atom is -0.496 e. The van der Waals surface area contributed by atoms with Crippen molar-refractivity contribution in [3.8, 4) is 22.8 Å². The first-order valence-corrected chi connectivity index (χ1v) is 12.1. The Morgan fingerprint density at radius 2 is 1.74 bits per heavy atom. The zero-order valence-corrected chi connectivity index (χ0v) is 20.9. The minimum absolute atomic E-state index is 0.237. The summed E-state index contributed by atoms with van der Waals surface area (Å²) in [4.78, 5) is 25.7. The summed E-state index contributed by atoms with van der Waals surface area (Å²) in [6.45, 7) is 4.77. The van der Waals surface area contributed by atoms with Gasteiger partial charge in [0.2, 0.25) is 0 Å². The molecule has 1 amide bonds. The predicted octanol–water partition coefficient (Wildman–Crippen LogP) is 4.47. The van der Waals surface area contributed by atoms with Crippen LogP contribution in [0.1, 0.15) is 62.9 Å². The van der Waals surface area contributed by atoms with Crippen LogP contribution in [0.2, 0.25) is 0 Å². The molecule has 186 valence electrons. The normalized spacial score (nSPS) is 15.1. The van der Waals surface area contributed by atoms with Gasteiger partial charge >= 0.3 is 5.97 Å². The lowest BCUT2D eigenvalue weighted by Crippen LogP contribution is -2.43. The highest BCUT2D eigenvalue weighted by Gasteiger charge is 2.29. The van der Waals surface area contributed by atoms with Crippen molar-refractivity contribution in [1.29, 1.82) is 0 Å². The van der Waals surface area contributed by atoms with Gasteiger partial charge in [-0.2, -0.15) is 5.10 Å². The van der Waals surface area contributed by atoms with Gasteiger partial charge in [-0.15, -0.1) is 0 Å². The standard InChI is InChI=1S/C26H37N3O5/c1-17(2)16-29-21(24-22(32-3)12-9-13-23(24)33-4)15-19(28-29)25(30)27-20(26(31)34-5)14-18-10-7-6-8-11-18/h9,12-13,15,17-18,20H,6-8,10-11,14,16H2,1-5H3,(H,27,30)/t20-/m0/s1. The molecule has 34 heavy (non-hydrogen) atoms. The van der Waals surface area contributed by atoms with Crippen molar-refractivity contribution < 1.29 is 23.8 Å². The Balaban J connectivity index is 1.92. The van der Waals surface area contributed by atoms with E-state index in [0.29, 0.717) is 36.3 Å². The molecule has 0 radical (unpaired) electrons. The van der Waals surface area contributed by atoms with Crippen LogP contribution >= 0.6 is 0 Å². The smallest absolute Gasteiger partial charge is 0.328 e. The Hall–Kier alpha value is -3.03. The fraction of sp³-hybridized carbons (Fsp3) is 0.577. The first-order chi connectivity index (χ1) is 16.4. The molecule has 0 spiro atoms. The van der Waals surface area contributed by atoms with Gasteiger partial charge in [0, 0.05) is 6.54 Å². The van der Waals surface area contributed by atoms with E-state index >= 15 is 0 Å². The van der Waals surface area contributed by atoms with Crippen LogP contribution in [0.3, 0.4) is 0 Å². The summed E-state index contributed by atoms with van der Waals surface area (Å²) in [5, 5.41) is 7.49. The molecule has 1 heterocycles. The average molecular weight is 472 g/mol. The Labute approximate surface area is 202 Å². The topological polar surface area (TPSA) is 91.7 Å². The number of methoxy groups -OCH3 is 3. The van der Waals surface area contributed by atoms with E-state index in [1.807, 2.05) is 18.2 Å². The number of amides is 1. The van der Waals surface area contributed by atoms with Crippen LogP contribution < -0.4 is 14.8 Å². The zero-order valence-electron chi connectivity index (χ0n) is 20.9. The molecule has 1 saturated carbocycles. The first kappa shape index (κ1) is 25.6. The highest BCUT2D eigenvalue weighted by atomic mass is 16.5. The van der Waals surface area contributed by atoms with E-state index in [2.05, 4.69) is 24.3 Å². The van der Waals surface area contributed by atoms with Gasteiger partial charge in [-0.3, -0.25) is 9.48 Å². The van der Waals surface area contributed by atoms with Gasteiger partial charge in [-0.1, -0.05) is 52.0 Å². The van der Waals surface area contributed by atoms with Crippen LogP contribution in [0.25, 0.3) is 11.3 Å². The Morgan fingerprint density at radius 1 is 1.09 bits per heavy atom. The predicted molar refractivity (Wildman–Crippen MR) is 130 cm³/mol. The number of ether oxygens (including phenoxy) is 3. The highest BCUT2D eigenvalue weighted by Crippen LogP contribution is 2.39. The summed E-state index contributed by atoms with van der Waals surface area (Å²) < 4.78 is 18.0. The molecule has 8 heteroatoms. The molecule has 0 aliphatic heterocycles. The number of nitrogens with zero attached hydrogens (tertiary/aromatic N) is 2. The van der Waals surface area contributed by atoms with Crippen molar-refractivity contribution in [3.63, 3.8) is 0 Å².